The molecule has 0 unspecified atom stereocenters. The summed E-state index contributed by atoms with van der Waals surface area (Å²) in [6, 6.07) is 8.65. The molecule has 1 aromatic heterocycles. The molecule has 2 aromatic rings. The minimum atomic E-state index is 0.392. The SMILES string of the molecule is Cc1oc2ccccc2c1C1CC(N)C1. The highest BCUT2D eigenvalue weighted by Crippen LogP contribution is 2.41. The van der Waals surface area contributed by atoms with Crippen LogP contribution in [0.15, 0.2) is 28.7 Å². The van der Waals surface area contributed by atoms with E-state index in [1.807, 2.05) is 12.1 Å². The molecule has 1 aliphatic carbocycles. The molecule has 0 amide bonds. The van der Waals surface area contributed by atoms with E-state index in [1.54, 1.807) is 0 Å². The summed E-state index contributed by atoms with van der Waals surface area (Å²) in [6.07, 6.45) is 2.20. The summed E-state index contributed by atoms with van der Waals surface area (Å²) in [5, 5.41) is 1.27. The summed E-state index contributed by atoms with van der Waals surface area (Å²) in [5.74, 6) is 1.68. The van der Waals surface area contributed by atoms with Crippen LogP contribution in [0.4, 0.5) is 0 Å². The molecule has 0 bridgehead atoms. The van der Waals surface area contributed by atoms with Crippen LogP contribution in [0.1, 0.15) is 30.1 Å². The molecule has 15 heavy (non-hydrogen) atoms. The number of furan rings is 1. The van der Waals surface area contributed by atoms with Gasteiger partial charge in [0.25, 0.3) is 0 Å². The molecule has 2 heteroatoms. The molecule has 78 valence electrons. The average molecular weight is 201 g/mol. The Balaban J connectivity index is 2.12. The molecule has 1 aromatic carbocycles. The van der Waals surface area contributed by atoms with E-state index in [9.17, 15) is 0 Å². The number of hydrogen-bond acceptors (Lipinski definition) is 2. The van der Waals surface area contributed by atoms with Crippen molar-refractivity contribution >= 4 is 11.0 Å². The monoisotopic (exact) mass is 201 g/mol. The number of nitrogens with two attached hydrogens (primary N) is 1. The second kappa shape index (κ2) is 3.11. The van der Waals surface area contributed by atoms with E-state index in [2.05, 4.69) is 19.1 Å². The standard InChI is InChI=1S/C13H15NO/c1-8-13(9-6-10(14)7-9)11-4-2-3-5-12(11)15-8/h2-5,9-10H,6-7,14H2,1H3. The number of rotatable bonds is 1. The van der Waals surface area contributed by atoms with Gasteiger partial charge in [0.05, 0.1) is 0 Å². The van der Waals surface area contributed by atoms with E-state index in [4.69, 9.17) is 10.2 Å². The molecule has 0 radical (unpaired) electrons. The summed E-state index contributed by atoms with van der Waals surface area (Å²) >= 11 is 0. The van der Waals surface area contributed by atoms with Gasteiger partial charge in [-0.2, -0.15) is 0 Å². The van der Waals surface area contributed by atoms with Crippen LogP contribution in [0.2, 0.25) is 0 Å². The average Bonchev–Trinajstić information content (AvgIpc) is 2.49. The van der Waals surface area contributed by atoms with Gasteiger partial charge in [0, 0.05) is 17.0 Å². The van der Waals surface area contributed by atoms with Gasteiger partial charge in [0.15, 0.2) is 0 Å². The van der Waals surface area contributed by atoms with E-state index >= 15 is 0 Å². The van der Waals surface area contributed by atoms with Crippen LogP contribution in [0, 0.1) is 6.92 Å². The highest BCUT2D eigenvalue weighted by Gasteiger charge is 2.31. The van der Waals surface area contributed by atoms with E-state index in [0.29, 0.717) is 12.0 Å². The Kier molecular flexibility index (Phi) is 1.86. The molecule has 0 spiro atoms. The first-order valence-electron chi connectivity index (χ1n) is 5.49. The maximum Gasteiger partial charge on any atom is 0.134 e. The molecule has 1 fully saturated rings. The number of fused-ring (bicyclic) bond motifs is 1. The zero-order chi connectivity index (χ0) is 10.4. The third kappa shape index (κ3) is 1.29. The lowest BCUT2D eigenvalue weighted by Gasteiger charge is -2.32. The van der Waals surface area contributed by atoms with Crippen molar-refractivity contribution in [1.82, 2.24) is 0 Å². The van der Waals surface area contributed by atoms with Crippen molar-refractivity contribution < 1.29 is 4.42 Å². The zero-order valence-corrected chi connectivity index (χ0v) is 8.86. The summed E-state index contributed by atoms with van der Waals surface area (Å²) in [5.41, 5.74) is 8.23. The third-order valence-corrected chi connectivity index (χ3v) is 3.40. The minimum absolute atomic E-state index is 0.392. The molecule has 0 saturated heterocycles. The van der Waals surface area contributed by atoms with Crippen LogP contribution in [0.5, 0.6) is 0 Å². The smallest absolute Gasteiger partial charge is 0.134 e. The van der Waals surface area contributed by atoms with Gasteiger partial charge in [-0.05, 0) is 31.7 Å². The zero-order valence-electron chi connectivity index (χ0n) is 8.86. The summed E-state index contributed by atoms with van der Waals surface area (Å²) in [6.45, 7) is 2.05. The van der Waals surface area contributed by atoms with E-state index < -0.39 is 0 Å². The number of aryl methyl sites for hydroxylation is 1. The van der Waals surface area contributed by atoms with Gasteiger partial charge in [-0.25, -0.2) is 0 Å². The van der Waals surface area contributed by atoms with E-state index in [-0.39, 0.29) is 0 Å². The lowest BCUT2D eigenvalue weighted by atomic mass is 9.75. The van der Waals surface area contributed by atoms with Gasteiger partial charge in [0.1, 0.15) is 11.3 Å². The third-order valence-electron chi connectivity index (χ3n) is 3.40. The largest absolute Gasteiger partial charge is 0.461 e. The van der Waals surface area contributed by atoms with Crippen molar-refractivity contribution in [3.05, 3.63) is 35.6 Å². The fourth-order valence-corrected chi connectivity index (χ4v) is 2.59. The van der Waals surface area contributed by atoms with Crippen LogP contribution < -0.4 is 5.73 Å². The molecule has 1 aliphatic rings. The summed E-state index contributed by atoms with van der Waals surface area (Å²) in [7, 11) is 0. The van der Waals surface area contributed by atoms with Crippen molar-refractivity contribution in [2.45, 2.75) is 31.7 Å². The van der Waals surface area contributed by atoms with Crippen LogP contribution >= 0.6 is 0 Å². The quantitative estimate of drug-likeness (QED) is 0.770. The molecule has 2 N–H and O–H groups in total. The Bertz CT molecular complexity index is 494. The Morgan fingerprint density at radius 3 is 2.73 bits per heavy atom. The first kappa shape index (κ1) is 8.98. The van der Waals surface area contributed by atoms with Crippen molar-refractivity contribution in [3.8, 4) is 0 Å². The van der Waals surface area contributed by atoms with E-state index in [1.165, 1.54) is 10.9 Å². The van der Waals surface area contributed by atoms with Gasteiger partial charge in [-0.3, -0.25) is 0 Å². The normalized spacial score (nSPS) is 25.5. The first-order chi connectivity index (χ1) is 7.25. The van der Waals surface area contributed by atoms with Crippen LogP contribution in [-0.2, 0) is 0 Å². The van der Waals surface area contributed by atoms with Gasteiger partial charge >= 0.3 is 0 Å². The topological polar surface area (TPSA) is 39.2 Å². The second-order valence-corrected chi connectivity index (χ2v) is 4.50. The predicted octanol–water partition coefficient (Wildman–Crippen LogP) is 2.95. The maximum absolute atomic E-state index is 5.84. The van der Waals surface area contributed by atoms with Crippen LogP contribution in [0.25, 0.3) is 11.0 Å². The summed E-state index contributed by atoms with van der Waals surface area (Å²) < 4.78 is 5.75. The Labute approximate surface area is 89.1 Å². The Hall–Kier alpha value is -1.28. The number of para-hydroxylation sites is 1. The van der Waals surface area contributed by atoms with E-state index in [0.717, 1.165) is 24.2 Å². The number of benzene rings is 1. The van der Waals surface area contributed by atoms with Gasteiger partial charge in [-0.15, -0.1) is 0 Å². The van der Waals surface area contributed by atoms with Crippen LogP contribution in [-0.4, -0.2) is 6.04 Å². The van der Waals surface area contributed by atoms with Gasteiger partial charge in [-0.1, -0.05) is 18.2 Å². The molecular formula is C13H15NO. The molecule has 1 saturated carbocycles. The highest BCUT2D eigenvalue weighted by atomic mass is 16.3. The molecular weight excluding hydrogens is 186 g/mol. The molecule has 0 atom stereocenters. The Morgan fingerprint density at radius 2 is 2.00 bits per heavy atom. The molecule has 3 rings (SSSR count). The summed E-state index contributed by atoms with van der Waals surface area (Å²) in [4.78, 5) is 0. The van der Waals surface area contributed by atoms with Gasteiger partial charge < -0.3 is 10.2 Å². The fourth-order valence-electron chi connectivity index (χ4n) is 2.59. The van der Waals surface area contributed by atoms with Crippen molar-refractivity contribution in [2.24, 2.45) is 5.73 Å². The van der Waals surface area contributed by atoms with Gasteiger partial charge in [0.2, 0.25) is 0 Å². The lowest BCUT2D eigenvalue weighted by molar-refractivity contribution is 0.348. The Morgan fingerprint density at radius 1 is 1.27 bits per heavy atom. The minimum Gasteiger partial charge on any atom is -0.461 e. The first-order valence-corrected chi connectivity index (χ1v) is 5.49. The fraction of sp³-hybridized carbons (Fsp3) is 0.385. The molecule has 0 aliphatic heterocycles. The predicted molar refractivity (Wildman–Crippen MR) is 60.9 cm³/mol. The van der Waals surface area contributed by atoms with Crippen molar-refractivity contribution in [3.63, 3.8) is 0 Å². The van der Waals surface area contributed by atoms with Crippen molar-refractivity contribution in [2.75, 3.05) is 0 Å². The second-order valence-electron chi connectivity index (χ2n) is 4.50. The highest BCUT2D eigenvalue weighted by molar-refractivity contribution is 5.83. The number of hydrogen-bond donors (Lipinski definition) is 1. The van der Waals surface area contributed by atoms with Crippen molar-refractivity contribution in [1.29, 1.82) is 0 Å². The molecule has 1 heterocycles. The van der Waals surface area contributed by atoms with Crippen LogP contribution in [0.3, 0.4) is 0 Å². The lowest BCUT2D eigenvalue weighted by Crippen LogP contribution is -2.34. The molecule has 2 nitrogen and oxygen atoms in total. The maximum atomic E-state index is 5.84.